The van der Waals surface area contributed by atoms with E-state index in [9.17, 15) is 0 Å². The van der Waals surface area contributed by atoms with Gasteiger partial charge in [0.15, 0.2) is 0 Å². The summed E-state index contributed by atoms with van der Waals surface area (Å²) in [6, 6.07) is 15.9. The van der Waals surface area contributed by atoms with Crippen LogP contribution in [0.2, 0.25) is 0 Å². The van der Waals surface area contributed by atoms with Crippen LogP contribution in [0, 0.1) is 63.2 Å². The second-order valence-electron chi connectivity index (χ2n) is 7.06. The maximum atomic E-state index is 3.89. The maximum absolute atomic E-state index is 3.89. The van der Waals surface area contributed by atoms with Crippen LogP contribution >= 0.6 is 0 Å². The van der Waals surface area contributed by atoms with Gasteiger partial charge >= 0.3 is 17.1 Å². The standard InChI is InChI=1S/C25H25N.Fe/c1-19(23-16-8-14-21-11-6-7-15-24(21)23)26-25(22-12-4-5-13-22)18-17-20-9-2-3-10-20;/h2-16,19,25-26H,17-18H2,1H3;/q;+2/t19-,25+;/m0./s1. The Morgan fingerprint density at radius 2 is 1.48 bits per heavy atom. The predicted octanol–water partition coefficient (Wildman–Crippen LogP) is 5.45. The first-order valence-corrected chi connectivity index (χ1v) is 9.47. The average Bonchev–Trinajstić information content (AvgIpc) is 3.38. The van der Waals surface area contributed by atoms with E-state index in [0.29, 0.717) is 12.1 Å². The van der Waals surface area contributed by atoms with Gasteiger partial charge in [0, 0.05) is 18.0 Å². The molecule has 27 heavy (non-hydrogen) atoms. The Bertz CT molecular complexity index is 695. The second kappa shape index (κ2) is 10.1. The molecule has 2 saturated carbocycles. The molecule has 0 saturated heterocycles. The fourth-order valence-corrected chi connectivity index (χ4v) is 3.88. The Kier molecular flexibility index (Phi) is 7.82. The number of hydrogen-bond donors (Lipinski definition) is 1. The van der Waals surface area contributed by atoms with Crippen molar-refractivity contribution in [2.75, 3.05) is 0 Å². The van der Waals surface area contributed by atoms with Gasteiger partial charge in [-0.2, -0.15) is 0 Å². The van der Waals surface area contributed by atoms with E-state index in [1.165, 1.54) is 28.2 Å². The smallest absolute Gasteiger partial charge is 0.307 e. The molecule has 0 aromatic heterocycles. The summed E-state index contributed by atoms with van der Waals surface area (Å²) in [5, 5.41) is 6.54. The van der Waals surface area contributed by atoms with Gasteiger partial charge in [0.1, 0.15) is 0 Å². The van der Waals surface area contributed by atoms with Crippen molar-refractivity contribution in [3.8, 4) is 0 Å². The van der Waals surface area contributed by atoms with E-state index in [0.717, 1.165) is 12.8 Å². The molecule has 136 valence electrons. The molecule has 1 N–H and O–H groups in total. The van der Waals surface area contributed by atoms with Crippen molar-refractivity contribution in [3.63, 3.8) is 0 Å². The van der Waals surface area contributed by atoms with E-state index in [1.807, 2.05) is 0 Å². The predicted molar refractivity (Wildman–Crippen MR) is 109 cm³/mol. The SMILES string of the molecule is C[C@H](N[C@H](CC[C]1[CH][CH][CH][CH]1)[C]1[CH][CH][CH][CH]1)c1cccc2ccccc12.[Fe+2]. The van der Waals surface area contributed by atoms with Crippen molar-refractivity contribution in [1.82, 2.24) is 5.32 Å². The molecule has 2 heteroatoms. The Balaban J connectivity index is 0.00000210. The minimum Gasteiger partial charge on any atom is -0.307 e. The zero-order valence-corrected chi connectivity index (χ0v) is 16.7. The normalized spacial score (nSPS) is 20.6. The third kappa shape index (κ3) is 5.16. The third-order valence-electron chi connectivity index (χ3n) is 5.29. The summed E-state index contributed by atoms with van der Waals surface area (Å²) in [7, 11) is 0. The molecule has 0 aliphatic heterocycles. The van der Waals surface area contributed by atoms with Crippen LogP contribution in [0.5, 0.6) is 0 Å². The van der Waals surface area contributed by atoms with Crippen molar-refractivity contribution in [2.45, 2.75) is 31.8 Å². The van der Waals surface area contributed by atoms with E-state index in [1.54, 1.807) is 0 Å². The van der Waals surface area contributed by atoms with Gasteiger partial charge in [-0.1, -0.05) is 42.5 Å². The number of fused-ring (bicyclic) bond motifs is 1. The van der Waals surface area contributed by atoms with E-state index in [-0.39, 0.29) is 17.1 Å². The molecule has 4 rings (SSSR count). The van der Waals surface area contributed by atoms with Crippen molar-refractivity contribution >= 4 is 10.8 Å². The first-order valence-electron chi connectivity index (χ1n) is 9.47. The monoisotopic (exact) mass is 395 g/mol. The zero-order chi connectivity index (χ0) is 17.8. The molecule has 0 unspecified atom stereocenters. The molecule has 2 fully saturated rings. The zero-order valence-electron chi connectivity index (χ0n) is 15.6. The van der Waals surface area contributed by atoms with Gasteiger partial charge in [-0.25, -0.2) is 0 Å². The van der Waals surface area contributed by atoms with Gasteiger partial charge in [-0.05, 0) is 93.4 Å². The Morgan fingerprint density at radius 3 is 2.26 bits per heavy atom. The quantitative estimate of drug-likeness (QED) is 0.615. The maximum Gasteiger partial charge on any atom is 2.00 e. The largest absolute Gasteiger partial charge is 2.00 e. The van der Waals surface area contributed by atoms with Gasteiger partial charge < -0.3 is 5.32 Å². The summed E-state index contributed by atoms with van der Waals surface area (Å²) in [5.41, 5.74) is 1.37. The van der Waals surface area contributed by atoms with Crippen LogP contribution in [-0.4, -0.2) is 6.04 Å². The summed E-state index contributed by atoms with van der Waals surface area (Å²) in [6.45, 7) is 2.28. The first-order chi connectivity index (χ1) is 12.8. The molecule has 1 nitrogen and oxygen atoms in total. The van der Waals surface area contributed by atoms with Crippen molar-refractivity contribution in [2.24, 2.45) is 0 Å². The molecule has 2 aromatic carbocycles. The van der Waals surface area contributed by atoms with Crippen molar-refractivity contribution in [1.29, 1.82) is 0 Å². The molecule has 2 atom stereocenters. The molecule has 2 aromatic rings. The molecule has 2 aliphatic rings. The Labute approximate surface area is 176 Å². The Hall–Kier alpha value is -0.821. The van der Waals surface area contributed by atoms with Crippen LogP contribution in [0.4, 0.5) is 0 Å². The van der Waals surface area contributed by atoms with Gasteiger partial charge in [0.05, 0.1) is 0 Å². The molecule has 2 aliphatic carbocycles. The van der Waals surface area contributed by atoms with E-state index in [2.05, 4.69) is 106 Å². The van der Waals surface area contributed by atoms with E-state index >= 15 is 0 Å². The van der Waals surface area contributed by atoms with Crippen molar-refractivity contribution < 1.29 is 17.1 Å². The summed E-state index contributed by atoms with van der Waals surface area (Å²) in [5.74, 6) is 2.80. The fraction of sp³-hybridized carbons (Fsp3) is 0.200. The van der Waals surface area contributed by atoms with Gasteiger partial charge in [-0.3, -0.25) is 0 Å². The summed E-state index contributed by atoms with van der Waals surface area (Å²) in [4.78, 5) is 0. The first kappa shape index (κ1) is 20.9. The molecular formula is C25H25FeN+2. The minimum atomic E-state index is 0. The van der Waals surface area contributed by atoms with Gasteiger partial charge in [0.25, 0.3) is 0 Å². The molecule has 0 heterocycles. The van der Waals surface area contributed by atoms with Gasteiger partial charge in [-0.15, -0.1) is 0 Å². The number of hydrogen-bond acceptors (Lipinski definition) is 1. The topological polar surface area (TPSA) is 12.0 Å². The number of rotatable bonds is 7. The van der Waals surface area contributed by atoms with Crippen LogP contribution in [0.25, 0.3) is 10.8 Å². The fourth-order valence-electron chi connectivity index (χ4n) is 3.88. The third-order valence-corrected chi connectivity index (χ3v) is 5.29. The van der Waals surface area contributed by atoms with E-state index in [4.69, 9.17) is 0 Å². The molecule has 0 bridgehead atoms. The summed E-state index contributed by atoms with van der Waals surface area (Å²) >= 11 is 0. The van der Waals surface area contributed by atoms with Crippen LogP contribution in [-0.2, 0) is 17.1 Å². The Morgan fingerprint density at radius 1 is 0.815 bits per heavy atom. The molecule has 10 radical (unpaired) electrons. The van der Waals surface area contributed by atoms with E-state index < -0.39 is 0 Å². The summed E-state index contributed by atoms with van der Waals surface area (Å²) in [6.07, 6.45) is 19.6. The van der Waals surface area contributed by atoms with Crippen LogP contribution in [0.1, 0.15) is 31.4 Å². The average molecular weight is 395 g/mol. The van der Waals surface area contributed by atoms with Gasteiger partial charge in [0.2, 0.25) is 0 Å². The van der Waals surface area contributed by atoms with Crippen LogP contribution < -0.4 is 5.32 Å². The van der Waals surface area contributed by atoms with Crippen LogP contribution in [0.3, 0.4) is 0 Å². The number of benzene rings is 2. The second-order valence-corrected chi connectivity index (χ2v) is 7.06. The molecule has 0 spiro atoms. The number of nitrogens with one attached hydrogen (secondary N) is 1. The van der Waals surface area contributed by atoms with Crippen molar-refractivity contribution in [3.05, 3.63) is 111 Å². The molecular weight excluding hydrogens is 370 g/mol. The van der Waals surface area contributed by atoms with Crippen LogP contribution in [0.15, 0.2) is 42.5 Å². The molecule has 0 amide bonds. The summed E-state index contributed by atoms with van der Waals surface area (Å²) < 4.78 is 0. The minimum absolute atomic E-state index is 0.